The number of H-pyrrole nitrogens is 2. The van der Waals surface area contributed by atoms with Crippen molar-refractivity contribution in [3.8, 4) is 0 Å². The number of carbonyl (C=O) groups excluding carboxylic acids is 2. The number of nitrogens with one attached hydrogen (secondary N) is 4. The van der Waals surface area contributed by atoms with Gasteiger partial charge in [-0.25, -0.2) is 0 Å². The second-order valence-corrected chi connectivity index (χ2v) is 8.79. The summed E-state index contributed by atoms with van der Waals surface area (Å²) in [5, 5.41) is 8.16. The highest BCUT2D eigenvalue weighted by Crippen LogP contribution is 2.19. The van der Waals surface area contributed by atoms with Gasteiger partial charge in [0.05, 0.1) is 12.8 Å². The van der Waals surface area contributed by atoms with Crippen LogP contribution in [0.15, 0.2) is 60.9 Å². The molecule has 0 aliphatic carbocycles. The van der Waals surface area contributed by atoms with Crippen LogP contribution in [-0.2, 0) is 22.4 Å². The van der Waals surface area contributed by atoms with Crippen LogP contribution in [0.1, 0.15) is 25.0 Å². The third-order valence-corrected chi connectivity index (χ3v) is 5.58. The van der Waals surface area contributed by atoms with E-state index in [9.17, 15) is 9.59 Å². The van der Waals surface area contributed by atoms with E-state index in [2.05, 4.69) is 20.6 Å². The molecule has 0 radical (unpaired) electrons. The zero-order valence-electron chi connectivity index (χ0n) is 17.9. The number of para-hydroxylation sites is 2. The number of amides is 2. The molecule has 0 saturated heterocycles. The molecule has 6 heteroatoms. The molecule has 160 valence electrons. The van der Waals surface area contributed by atoms with Crippen LogP contribution in [0.25, 0.3) is 21.8 Å². The average molecular weight is 417 g/mol. The van der Waals surface area contributed by atoms with Crippen molar-refractivity contribution >= 4 is 33.6 Å². The van der Waals surface area contributed by atoms with Gasteiger partial charge < -0.3 is 20.6 Å². The summed E-state index contributed by atoms with van der Waals surface area (Å²) >= 11 is 0. The van der Waals surface area contributed by atoms with Crippen LogP contribution in [-0.4, -0.2) is 34.9 Å². The van der Waals surface area contributed by atoms with E-state index < -0.39 is 0 Å². The molecule has 2 aromatic carbocycles. The minimum Gasteiger partial charge on any atom is -0.361 e. The van der Waals surface area contributed by atoms with Crippen LogP contribution in [0, 0.1) is 5.41 Å². The van der Waals surface area contributed by atoms with Gasteiger partial charge in [-0.15, -0.1) is 0 Å². The lowest BCUT2D eigenvalue weighted by Gasteiger charge is -2.25. The quantitative estimate of drug-likeness (QED) is 0.353. The smallest absolute Gasteiger partial charge is 0.224 e. The summed E-state index contributed by atoms with van der Waals surface area (Å²) in [7, 11) is 0. The number of fused-ring (bicyclic) bond motifs is 2. The molecular weight excluding hydrogens is 388 g/mol. The molecule has 4 N–H and O–H groups in total. The molecule has 4 aromatic rings. The van der Waals surface area contributed by atoms with E-state index in [1.165, 1.54) is 0 Å². The van der Waals surface area contributed by atoms with Crippen molar-refractivity contribution in [3.05, 3.63) is 72.1 Å². The second-order valence-electron chi connectivity index (χ2n) is 8.79. The summed E-state index contributed by atoms with van der Waals surface area (Å²) in [4.78, 5) is 31.3. The maximum Gasteiger partial charge on any atom is 0.224 e. The summed E-state index contributed by atoms with van der Waals surface area (Å²) in [6.45, 7) is 5.04. The van der Waals surface area contributed by atoms with Crippen LogP contribution in [0.4, 0.5) is 0 Å². The van der Waals surface area contributed by atoms with Crippen molar-refractivity contribution in [2.75, 3.05) is 13.1 Å². The third-order valence-electron chi connectivity index (χ3n) is 5.58. The summed E-state index contributed by atoms with van der Waals surface area (Å²) in [6.07, 6.45) is 4.43. The normalized spacial score (nSPS) is 11.7. The Balaban J connectivity index is 1.25. The van der Waals surface area contributed by atoms with Crippen LogP contribution in [0.5, 0.6) is 0 Å². The molecule has 6 nitrogen and oxygen atoms in total. The van der Waals surface area contributed by atoms with E-state index in [0.717, 1.165) is 32.9 Å². The number of aromatic amines is 2. The lowest BCUT2D eigenvalue weighted by Crippen LogP contribution is -2.42. The monoisotopic (exact) mass is 416 g/mol. The van der Waals surface area contributed by atoms with Gasteiger partial charge >= 0.3 is 0 Å². The van der Waals surface area contributed by atoms with Gasteiger partial charge in [-0.05, 0) is 28.7 Å². The SMILES string of the molecule is CC(C)(CNC(=O)Cc1c[nH]c2ccccc12)CNC(=O)Cc1c[nH]c2ccccc12. The molecule has 0 saturated carbocycles. The van der Waals surface area contributed by atoms with Crippen LogP contribution < -0.4 is 10.6 Å². The van der Waals surface area contributed by atoms with Crippen molar-refractivity contribution in [1.82, 2.24) is 20.6 Å². The molecule has 2 aromatic heterocycles. The van der Waals surface area contributed by atoms with E-state index in [4.69, 9.17) is 0 Å². The first-order chi connectivity index (χ1) is 14.9. The zero-order chi connectivity index (χ0) is 21.8. The highest BCUT2D eigenvalue weighted by atomic mass is 16.2. The van der Waals surface area contributed by atoms with Crippen molar-refractivity contribution in [2.45, 2.75) is 26.7 Å². The Kier molecular flexibility index (Phi) is 5.80. The molecule has 31 heavy (non-hydrogen) atoms. The molecule has 0 aliphatic rings. The Morgan fingerprint density at radius 3 is 1.61 bits per heavy atom. The molecule has 0 bridgehead atoms. The molecule has 2 heterocycles. The lowest BCUT2D eigenvalue weighted by atomic mass is 9.93. The first-order valence-electron chi connectivity index (χ1n) is 10.5. The van der Waals surface area contributed by atoms with E-state index in [1.54, 1.807) is 0 Å². The zero-order valence-corrected chi connectivity index (χ0v) is 17.9. The molecular formula is C25H28N4O2. The Morgan fingerprint density at radius 1 is 0.742 bits per heavy atom. The number of rotatable bonds is 8. The summed E-state index contributed by atoms with van der Waals surface area (Å²) in [6, 6.07) is 15.9. The fourth-order valence-corrected chi connectivity index (χ4v) is 3.76. The Labute approximate surface area is 181 Å². The van der Waals surface area contributed by atoms with Crippen LogP contribution in [0.3, 0.4) is 0 Å². The standard InChI is InChI=1S/C25H28N4O2/c1-25(2,15-28-23(30)11-17-13-26-21-9-5-3-7-19(17)21)16-29-24(31)12-18-14-27-22-10-6-4-8-20(18)22/h3-10,13-14,26-27H,11-12,15-16H2,1-2H3,(H,28,30)(H,29,31). The minimum absolute atomic E-state index is 0.0250. The van der Waals surface area contributed by atoms with Crippen molar-refractivity contribution in [3.63, 3.8) is 0 Å². The third kappa shape index (κ3) is 4.97. The number of carbonyl (C=O) groups is 2. The van der Waals surface area contributed by atoms with E-state index in [0.29, 0.717) is 25.9 Å². The van der Waals surface area contributed by atoms with Gasteiger partial charge in [0.25, 0.3) is 0 Å². The van der Waals surface area contributed by atoms with Gasteiger partial charge in [-0.3, -0.25) is 9.59 Å². The van der Waals surface area contributed by atoms with Gasteiger partial charge in [0.2, 0.25) is 11.8 Å². The molecule has 0 aliphatic heterocycles. The van der Waals surface area contributed by atoms with E-state index >= 15 is 0 Å². The van der Waals surface area contributed by atoms with Crippen molar-refractivity contribution in [1.29, 1.82) is 0 Å². The molecule has 0 unspecified atom stereocenters. The molecule has 4 rings (SSSR count). The van der Waals surface area contributed by atoms with E-state index in [-0.39, 0.29) is 17.2 Å². The first-order valence-corrected chi connectivity index (χ1v) is 10.5. The predicted molar refractivity (Wildman–Crippen MR) is 124 cm³/mol. The Bertz CT molecular complexity index is 1120. The van der Waals surface area contributed by atoms with Gasteiger partial charge in [0.1, 0.15) is 0 Å². The summed E-state index contributed by atoms with van der Waals surface area (Å²) in [5.74, 6) is -0.0501. The van der Waals surface area contributed by atoms with Gasteiger partial charge in [0.15, 0.2) is 0 Å². The van der Waals surface area contributed by atoms with Gasteiger partial charge in [-0.2, -0.15) is 0 Å². The maximum atomic E-state index is 12.5. The van der Waals surface area contributed by atoms with Crippen LogP contribution in [0.2, 0.25) is 0 Å². The number of hydrogen-bond donors (Lipinski definition) is 4. The minimum atomic E-state index is -0.258. The highest BCUT2D eigenvalue weighted by Gasteiger charge is 2.21. The summed E-state index contributed by atoms with van der Waals surface area (Å²) in [5.41, 5.74) is 3.77. The van der Waals surface area contributed by atoms with Gasteiger partial charge in [0, 0.05) is 47.3 Å². The number of hydrogen-bond acceptors (Lipinski definition) is 2. The van der Waals surface area contributed by atoms with Gasteiger partial charge in [-0.1, -0.05) is 50.2 Å². The topological polar surface area (TPSA) is 89.8 Å². The van der Waals surface area contributed by atoms with Crippen molar-refractivity contribution < 1.29 is 9.59 Å². The summed E-state index contributed by atoms with van der Waals surface area (Å²) < 4.78 is 0. The van der Waals surface area contributed by atoms with Crippen LogP contribution >= 0.6 is 0 Å². The fourth-order valence-electron chi connectivity index (χ4n) is 3.76. The molecule has 0 fully saturated rings. The maximum absolute atomic E-state index is 12.5. The van der Waals surface area contributed by atoms with E-state index in [1.807, 2.05) is 74.8 Å². The second kappa shape index (κ2) is 8.68. The lowest BCUT2D eigenvalue weighted by molar-refractivity contribution is -0.120. The number of benzene rings is 2. The fraction of sp³-hybridized carbons (Fsp3) is 0.280. The number of aromatic nitrogens is 2. The predicted octanol–water partition coefficient (Wildman–Crippen LogP) is 3.69. The Hall–Kier alpha value is -3.54. The molecule has 2 amide bonds. The molecule has 0 atom stereocenters. The highest BCUT2D eigenvalue weighted by molar-refractivity contribution is 5.89. The Morgan fingerprint density at radius 2 is 1.16 bits per heavy atom. The molecule has 0 spiro atoms. The largest absolute Gasteiger partial charge is 0.361 e. The van der Waals surface area contributed by atoms with Crippen molar-refractivity contribution in [2.24, 2.45) is 5.41 Å². The first kappa shape index (κ1) is 20.7. The average Bonchev–Trinajstić information content (AvgIpc) is 3.36.